The van der Waals surface area contributed by atoms with Gasteiger partial charge in [0.1, 0.15) is 5.69 Å². The molecule has 0 amide bonds. The van der Waals surface area contributed by atoms with E-state index in [2.05, 4.69) is 36.1 Å². The third-order valence-corrected chi connectivity index (χ3v) is 3.44. The Balaban J connectivity index is 1.93. The van der Waals surface area contributed by atoms with Gasteiger partial charge in [-0.05, 0) is 26.7 Å². The maximum atomic E-state index is 5.35. The standard InChI is InChI=1S/C13H22N4O/c1-4-13(2,3)14-7-12-9-17(16-15-12)8-11-5-6-18-10-11/h7,9,11H,4-6,8,10H2,1-3H3. The fourth-order valence-corrected chi connectivity index (χ4v) is 1.79. The molecule has 0 aromatic carbocycles. The molecular formula is C13H22N4O. The van der Waals surface area contributed by atoms with Crippen LogP contribution in [0.5, 0.6) is 0 Å². The minimum Gasteiger partial charge on any atom is -0.381 e. The highest BCUT2D eigenvalue weighted by Crippen LogP contribution is 2.15. The van der Waals surface area contributed by atoms with E-state index in [9.17, 15) is 0 Å². The van der Waals surface area contributed by atoms with Gasteiger partial charge in [-0.1, -0.05) is 12.1 Å². The summed E-state index contributed by atoms with van der Waals surface area (Å²) in [5.74, 6) is 0.573. The van der Waals surface area contributed by atoms with Crippen LogP contribution in [0.25, 0.3) is 0 Å². The van der Waals surface area contributed by atoms with Gasteiger partial charge in [0, 0.05) is 19.1 Å². The second-order valence-corrected chi connectivity index (χ2v) is 5.52. The molecule has 1 fully saturated rings. The van der Waals surface area contributed by atoms with Crippen molar-refractivity contribution in [3.8, 4) is 0 Å². The summed E-state index contributed by atoms with van der Waals surface area (Å²) in [7, 11) is 0. The molecule has 0 spiro atoms. The van der Waals surface area contributed by atoms with Crippen molar-refractivity contribution in [1.29, 1.82) is 0 Å². The number of aliphatic imine (C=N–C) groups is 1. The van der Waals surface area contributed by atoms with Crippen LogP contribution in [0.3, 0.4) is 0 Å². The molecule has 5 nitrogen and oxygen atoms in total. The molecule has 1 aliphatic rings. The first-order valence-corrected chi connectivity index (χ1v) is 6.62. The molecule has 1 saturated heterocycles. The van der Waals surface area contributed by atoms with Gasteiger partial charge in [0.25, 0.3) is 0 Å². The Morgan fingerprint density at radius 1 is 1.61 bits per heavy atom. The van der Waals surface area contributed by atoms with Gasteiger partial charge in [0.2, 0.25) is 0 Å². The maximum absolute atomic E-state index is 5.35. The summed E-state index contributed by atoms with van der Waals surface area (Å²) in [4.78, 5) is 4.52. The summed E-state index contributed by atoms with van der Waals surface area (Å²) in [5.41, 5.74) is 0.804. The van der Waals surface area contributed by atoms with Crippen molar-refractivity contribution in [2.45, 2.75) is 45.7 Å². The Morgan fingerprint density at radius 3 is 3.11 bits per heavy atom. The molecule has 1 aromatic heterocycles. The van der Waals surface area contributed by atoms with E-state index in [4.69, 9.17) is 4.74 Å². The normalized spacial score (nSPS) is 20.9. The van der Waals surface area contributed by atoms with Crippen LogP contribution in [0.15, 0.2) is 11.2 Å². The van der Waals surface area contributed by atoms with Gasteiger partial charge >= 0.3 is 0 Å². The molecule has 0 saturated carbocycles. The summed E-state index contributed by atoms with van der Waals surface area (Å²) in [6.07, 6.45) is 5.90. The Hall–Kier alpha value is -1.23. The van der Waals surface area contributed by atoms with Crippen LogP contribution in [0, 0.1) is 5.92 Å². The topological polar surface area (TPSA) is 52.3 Å². The molecular weight excluding hydrogens is 228 g/mol. The maximum Gasteiger partial charge on any atom is 0.123 e. The average molecular weight is 250 g/mol. The fourth-order valence-electron chi connectivity index (χ4n) is 1.79. The number of ether oxygens (including phenoxy) is 1. The van der Waals surface area contributed by atoms with Crippen molar-refractivity contribution in [3.05, 3.63) is 11.9 Å². The van der Waals surface area contributed by atoms with Crippen LogP contribution >= 0.6 is 0 Å². The number of hydrogen-bond donors (Lipinski definition) is 0. The Labute approximate surface area is 108 Å². The lowest BCUT2D eigenvalue weighted by Crippen LogP contribution is -2.14. The molecule has 5 heteroatoms. The molecule has 1 unspecified atom stereocenters. The molecule has 0 N–H and O–H groups in total. The lowest BCUT2D eigenvalue weighted by molar-refractivity contribution is 0.181. The number of rotatable bonds is 5. The zero-order chi connectivity index (χ0) is 13.0. The van der Waals surface area contributed by atoms with Crippen molar-refractivity contribution in [2.24, 2.45) is 10.9 Å². The first-order valence-electron chi connectivity index (χ1n) is 6.62. The van der Waals surface area contributed by atoms with E-state index in [0.29, 0.717) is 5.92 Å². The van der Waals surface area contributed by atoms with Gasteiger partial charge in [-0.3, -0.25) is 9.67 Å². The van der Waals surface area contributed by atoms with Crippen LogP contribution < -0.4 is 0 Å². The van der Waals surface area contributed by atoms with E-state index in [0.717, 1.165) is 38.3 Å². The quantitative estimate of drug-likeness (QED) is 0.750. The van der Waals surface area contributed by atoms with Crippen LogP contribution in [0.4, 0.5) is 0 Å². The van der Waals surface area contributed by atoms with Crippen molar-refractivity contribution in [1.82, 2.24) is 15.0 Å². The van der Waals surface area contributed by atoms with E-state index in [1.54, 1.807) is 0 Å². The molecule has 0 bridgehead atoms. The highest BCUT2D eigenvalue weighted by Gasteiger charge is 2.17. The highest BCUT2D eigenvalue weighted by molar-refractivity contribution is 5.76. The third kappa shape index (κ3) is 3.63. The van der Waals surface area contributed by atoms with Crippen LogP contribution in [0.2, 0.25) is 0 Å². The Morgan fingerprint density at radius 2 is 2.44 bits per heavy atom. The summed E-state index contributed by atoms with van der Waals surface area (Å²) >= 11 is 0. The summed E-state index contributed by atoms with van der Waals surface area (Å²) < 4.78 is 7.24. The highest BCUT2D eigenvalue weighted by atomic mass is 16.5. The minimum atomic E-state index is -0.0247. The smallest absolute Gasteiger partial charge is 0.123 e. The first kappa shape index (κ1) is 13.2. The monoisotopic (exact) mass is 250 g/mol. The van der Waals surface area contributed by atoms with E-state index in [1.807, 2.05) is 17.1 Å². The minimum absolute atomic E-state index is 0.0247. The second kappa shape index (κ2) is 5.61. The van der Waals surface area contributed by atoms with Crippen molar-refractivity contribution in [3.63, 3.8) is 0 Å². The Bertz CT molecular complexity index is 405. The van der Waals surface area contributed by atoms with Gasteiger partial charge < -0.3 is 4.74 Å². The molecule has 2 rings (SSSR count). The van der Waals surface area contributed by atoms with Crippen LogP contribution in [0.1, 0.15) is 39.3 Å². The molecule has 1 aromatic rings. The fraction of sp³-hybridized carbons (Fsp3) is 0.769. The third-order valence-electron chi connectivity index (χ3n) is 3.44. The molecule has 1 atom stereocenters. The van der Waals surface area contributed by atoms with Gasteiger partial charge in [-0.2, -0.15) is 0 Å². The van der Waals surface area contributed by atoms with Crippen LogP contribution in [-0.2, 0) is 11.3 Å². The predicted octanol–water partition coefficient (Wildman–Crippen LogP) is 1.92. The van der Waals surface area contributed by atoms with Crippen LogP contribution in [-0.4, -0.2) is 40.0 Å². The zero-order valence-corrected chi connectivity index (χ0v) is 11.5. The van der Waals surface area contributed by atoms with Gasteiger partial charge in [-0.25, -0.2) is 0 Å². The van der Waals surface area contributed by atoms with Gasteiger partial charge in [0.05, 0.1) is 24.6 Å². The summed E-state index contributed by atoms with van der Waals surface area (Å²) in [6, 6.07) is 0. The molecule has 18 heavy (non-hydrogen) atoms. The zero-order valence-electron chi connectivity index (χ0n) is 11.5. The van der Waals surface area contributed by atoms with E-state index in [-0.39, 0.29) is 5.54 Å². The second-order valence-electron chi connectivity index (χ2n) is 5.52. The largest absolute Gasteiger partial charge is 0.381 e. The summed E-state index contributed by atoms with van der Waals surface area (Å²) in [6.45, 7) is 8.96. The molecule has 100 valence electrons. The SMILES string of the molecule is CCC(C)(C)N=Cc1cn(CC2CCOC2)nn1. The average Bonchev–Trinajstić information content (AvgIpc) is 2.99. The lowest BCUT2D eigenvalue weighted by Gasteiger charge is -2.15. The van der Waals surface area contributed by atoms with Gasteiger partial charge in [-0.15, -0.1) is 5.10 Å². The van der Waals surface area contributed by atoms with E-state index in [1.165, 1.54) is 0 Å². The van der Waals surface area contributed by atoms with Crippen molar-refractivity contribution >= 4 is 6.21 Å². The van der Waals surface area contributed by atoms with Crippen molar-refractivity contribution in [2.75, 3.05) is 13.2 Å². The Kier molecular flexibility index (Phi) is 4.11. The number of hydrogen-bond acceptors (Lipinski definition) is 4. The summed E-state index contributed by atoms with van der Waals surface area (Å²) in [5, 5.41) is 8.24. The molecule has 0 radical (unpaired) electrons. The predicted molar refractivity (Wildman–Crippen MR) is 70.9 cm³/mol. The van der Waals surface area contributed by atoms with E-state index >= 15 is 0 Å². The molecule has 0 aliphatic carbocycles. The molecule has 1 aliphatic heterocycles. The lowest BCUT2D eigenvalue weighted by atomic mass is 10.0. The van der Waals surface area contributed by atoms with Crippen molar-refractivity contribution < 1.29 is 4.74 Å². The first-order chi connectivity index (χ1) is 8.59. The number of nitrogens with zero attached hydrogens (tertiary/aromatic N) is 4. The van der Waals surface area contributed by atoms with Gasteiger partial charge in [0.15, 0.2) is 0 Å². The molecule has 2 heterocycles. The number of aromatic nitrogens is 3. The van der Waals surface area contributed by atoms with E-state index < -0.39 is 0 Å².